The van der Waals surface area contributed by atoms with Crippen molar-refractivity contribution in [3.8, 4) is 0 Å². The normalized spacial score (nSPS) is 13.9. The third-order valence-electron chi connectivity index (χ3n) is 2.99. The molecule has 0 bridgehead atoms. The van der Waals surface area contributed by atoms with Gasteiger partial charge in [-0.3, -0.25) is 0 Å². The Morgan fingerprint density at radius 1 is 0.667 bits per heavy atom. The molecule has 0 heterocycles. The highest BCUT2D eigenvalue weighted by molar-refractivity contribution is 7.99. The fraction of sp³-hybridized carbons (Fsp3) is 0.250. The van der Waals surface area contributed by atoms with Crippen molar-refractivity contribution in [3.63, 3.8) is 0 Å². The maximum absolute atomic E-state index is 6.38. The van der Waals surface area contributed by atoms with Gasteiger partial charge in [0.05, 0.1) is 10.8 Å². The summed E-state index contributed by atoms with van der Waals surface area (Å²) in [6.45, 7) is 0. The molecule has 0 saturated carbocycles. The fourth-order valence-corrected chi connectivity index (χ4v) is 3.82. The second kappa shape index (κ2) is 8.55. The lowest BCUT2D eigenvalue weighted by Crippen LogP contribution is -1.98. The monoisotopic (exact) mass is 378 g/mol. The van der Waals surface area contributed by atoms with Crippen molar-refractivity contribution in [2.75, 3.05) is 11.5 Å². The van der Waals surface area contributed by atoms with Crippen molar-refractivity contribution >= 4 is 58.2 Å². The Kier molecular flexibility index (Phi) is 7.04. The molecule has 0 aliphatic heterocycles. The topological polar surface area (TPSA) is 0 Å². The minimum absolute atomic E-state index is 0.0404. The minimum atomic E-state index is -0.0404. The van der Waals surface area contributed by atoms with E-state index in [1.165, 1.54) is 0 Å². The third-order valence-corrected chi connectivity index (χ3v) is 5.81. The van der Waals surface area contributed by atoms with E-state index in [0.717, 1.165) is 32.7 Å². The summed E-state index contributed by atoms with van der Waals surface area (Å²) in [7, 11) is 0. The third kappa shape index (κ3) is 5.58. The first kappa shape index (κ1) is 17.3. The molecule has 2 rings (SSSR count). The number of alkyl halides is 2. The number of rotatable bonds is 6. The first-order chi connectivity index (χ1) is 10.1. The molecule has 5 heteroatoms. The van der Waals surface area contributed by atoms with Gasteiger partial charge in [0.15, 0.2) is 0 Å². The summed E-state index contributed by atoms with van der Waals surface area (Å²) >= 11 is 26.2. The van der Waals surface area contributed by atoms with Gasteiger partial charge in [-0.05, 0) is 35.4 Å². The van der Waals surface area contributed by atoms with Crippen molar-refractivity contribution in [1.29, 1.82) is 0 Å². The van der Waals surface area contributed by atoms with Gasteiger partial charge >= 0.3 is 0 Å². The largest absolute Gasteiger partial charge is 0.158 e. The first-order valence-electron chi connectivity index (χ1n) is 6.43. The maximum Gasteiger partial charge on any atom is 0.0675 e. The molecule has 0 saturated heterocycles. The van der Waals surface area contributed by atoms with Crippen LogP contribution >= 0.6 is 58.2 Å². The van der Waals surface area contributed by atoms with Crippen molar-refractivity contribution < 1.29 is 0 Å². The molecule has 2 unspecified atom stereocenters. The Morgan fingerprint density at radius 2 is 1.00 bits per heavy atom. The van der Waals surface area contributed by atoms with Crippen LogP contribution in [0.15, 0.2) is 48.5 Å². The predicted octanol–water partition coefficient (Wildman–Crippen LogP) is 6.99. The Hall–Kier alpha value is -0.0500. The summed E-state index contributed by atoms with van der Waals surface area (Å²) in [5.74, 6) is 1.61. The minimum Gasteiger partial charge on any atom is -0.158 e. The van der Waals surface area contributed by atoms with E-state index in [-0.39, 0.29) is 10.8 Å². The first-order valence-corrected chi connectivity index (χ1v) is 9.21. The van der Waals surface area contributed by atoms with E-state index < -0.39 is 0 Å². The molecule has 0 radical (unpaired) electrons. The van der Waals surface area contributed by atoms with Crippen molar-refractivity contribution in [1.82, 2.24) is 0 Å². The van der Waals surface area contributed by atoms with E-state index in [1.807, 2.05) is 48.5 Å². The van der Waals surface area contributed by atoms with Crippen molar-refractivity contribution in [2.24, 2.45) is 0 Å². The average Bonchev–Trinajstić information content (AvgIpc) is 2.48. The smallest absolute Gasteiger partial charge is 0.0675 e. The van der Waals surface area contributed by atoms with Crippen molar-refractivity contribution in [2.45, 2.75) is 10.8 Å². The summed E-state index contributed by atoms with van der Waals surface area (Å²) in [5.41, 5.74) is 2.15. The number of hydrogen-bond acceptors (Lipinski definition) is 1. The van der Waals surface area contributed by atoms with Crippen molar-refractivity contribution in [3.05, 3.63) is 69.7 Å². The summed E-state index contributed by atoms with van der Waals surface area (Å²) < 4.78 is 0. The lowest BCUT2D eigenvalue weighted by atomic mass is 10.2. The van der Waals surface area contributed by atoms with Gasteiger partial charge < -0.3 is 0 Å². The average molecular weight is 380 g/mol. The van der Waals surface area contributed by atoms with E-state index in [9.17, 15) is 0 Å². The van der Waals surface area contributed by atoms with E-state index in [2.05, 4.69) is 0 Å². The van der Waals surface area contributed by atoms with E-state index in [4.69, 9.17) is 46.4 Å². The van der Waals surface area contributed by atoms with Crippen LogP contribution in [-0.4, -0.2) is 11.5 Å². The molecule has 21 heavy (non-hydrogen) atoms. The van der Waals surface area contributed by atoms with Gasteiger partial charge in [0.1, 0.15) is 0 Å². The van der Waals surface area contributed by atoms with Gasteiger partial charge in [-0.1, -0.05) is 47.5 Å². The van der Waals surface area contributed by atoms with Crippen LogP contribution in [0.3, 0.4) is 0 Å². The lowest BCUT2D eigenvalue weighted by molar-refractivity contribution is 1.07. The van der Waals surface area contributed by atoms with Crippen LogP contribution in [0.1, 0.15) is 21.9 Å². The molecular formula is C16H14Cl4S. The quantitative estimate of drug-likeness (QED) is 0.487. The van der Waals surface area contributed by atoms with Gasteiger partial charge in [0.25, 0.3) is 0 Å². The van der Waals surface area contributed by atoms with E-state index in [0.29, 0.717) is 0 Å². The Morgan fingerprint density at radius 3 is 1.33 bits per heavy atom. The lowest BCUT2D eigenvalue weighted by Gasteiger charge is -2.13. The molecule has 0 aromatic heterocycles. The molecule has 0 fully saturated rings. The van der Waals surface area contributed by atoms with Gasteiger partial charge in [-0.2, -0.15) is 11.8 Å². The second-order valence-corrected chi connectivity index (χ2v) is 7.58. The second-order valence-electron chi connectivity index (χ2n) is 4.58. The maximum atomic E-state index is 6.38. The molecule has 2 atom stereocenters. The summed E-state index contributed by atoms with van der Waals surface area (Å²) in [5, 5.41) is 1.36. The SMILES string of the molecule is Clc1ccc(C(Cl)CSCC(Cl)c2ccc(Cl)cc2)cc1. The van der Waals surface area contributed by atoms with Gasteiger partial charge in [0.2, 0.25) is 0 Å². The predicted molar refractivity (Wildman–Crippen MR) is 97.4 cm³/mol. The van der Waals surface area contributed by atoms with Gasteiger partial charge in [-0.15, -0.1) is 23.2 Å². The number of benzene rings is 2. The number of halogens is 4. The molecule has 0 aliphatic carbocycles. The summed E-state index contributed by atoms with van der Waals surface area (Å²) in [6.07, 6.45) is 0. The molecule has 112 valence electrons. The van der Waals surface area contributed by atoms with Crippen LogP contribution in [0.4, 0.5) is 0 Å². The highest BCUT2D eigenvalue weighted by Crippen LogP contribution is 2.30. The molecule has 0 aliphatic rings. The van der Waals surface area contributed by atoms with Gasteiger partial charge in [-0.25, -0.2) is 0 Å². The highest BCUT2D eigenvalue weighted by atomic mass is 35.5. The summed E-state index contributed by atoms with van der Waals surface area (Å²) in [4.78, 5) is 0. The van der Waals surface area contributed by atoms with E-state index >= 15 is 0 Å². The molecule has 0 N–H and O–H groups in total. The van der Waals surface area contributed by atoms with Crippen LogP contribution < -0.4 is 0 Å². The van der Waals surface area contributed by atoms with Crippen LogP contribution in [-0.2, 0) is 0 Å². The van der Waals surface area contributed by atoms with Crippen LogP contribution in [0.2, 0.25) is 10.0 Å². The molecule has 0 amide bonds. The van der Waals surface area contributed by atoms with Crippen LogP contribution in [0.5, 0.6) is 0 Å². The Labute approximate surface area is 149 Å². The Bertz CT molecular complexity index is 502. The molecule has 2 aromatic rings. The number of thioether (sulfide) groups is 1. The summed E-state index contributed by atoms with van der Waals surface area (Å²) in [6, 6.07) is 15.2. The standard InChI is InChI=1S/C16H14Cl4S/c17-13-5-1-11(2-6-13)15(19)9-21-10-16(20)12-3-7-14(18)8-4-12/h1-8,15-16H,9-10H2. The van der Waals surface area contributed by atoms with E-state index in [1.54, 1.807) is 11.8 Å². The van der Waals surface area contributed by atoms with Gasteiger partial charge in [0, 0.05) is 21.6 Å². The molecule has 2 aromatic carbocycles. The van der Waals surface area contributed by atoms with Crippen LogP contribution in [0, 0.1) is 0 Å². The number of hydrogen-bond donors (Lipinski definition) is 0. The van der Waals surface area contributed by atoms with Crippen LogP contribution in [0.25, 0.3) is 0 Å². The highest BCUT2D eigenvalue weighted by Gasteiger charge is 2.12. The molecule has 0 nitrogen and oxygen atoms in total. The zero-order valence-electron chi connectivity index (χ0n) is 11.1. The zero-order valence-corrected chi connectivity index (χ0v) is 14.9. The Balaban J connectivity index is 1.80. The fourth-order valence-electron chi connectivity index (χ4n) is 1.81. The zero-order chi connectivity index (χ0) is 15.2. The molecular weight excluding hydrogens is 366 g/mol. The molecule has 0 spiro atoms.